The lowest BCUT2D eigenvalue weighted by atomic mass is 10.3. The summed E-state index contributed by atoms with van der Waals surface area (Å²) in [5, 5.41) is 8.65. The second-order valence-corrected chi connectivity index (χ2v) is 5.50. The number of likely N-dealkylation sites (N-methyl/N-ethyl adjacent to an activating group) is 1. The molecule has 2 aliphatic rings. The number of carbonyl (C=O) groups excluding carboxylic acids is 1. The summed E-state index contributed by atoms with van der Waals surface area (Å²) >= 11 is 0. The number of hydrogen-bond acceptors (Lipinski definition) is 4. The molecule has 0 aromatic rings. The summed E-state index contributed by atoms with van der Waals surface area (Å²) in [6.45, 7) is 4.52. The Morgan fingerprint density at radius 2 is 1.74 bits per heavy atom. The molecule has 6 heteroatoms. The highest BCUT2D eigenvalue weighted by Gasteiger charge is 2.30. The molecule has 1 saturated heterocycles. The zero-order chi connectivity index (χ0) is 13.8. The molecule has 1 aliphatic carbocycles. The molecule has 1 aliphatic heterocycles. The van der Waals surface area contributed by atoms with Crippen LogP contribution in [0.3, 0.4) is 0 Å². The van der Waals surface area contributed by atoms with Gasteiger partial charge in [0.1, 0.15) is 0 Å². The lowest BCUT2D eigenvalue weighted by Gasteiger charge is -2.34. The fourth-order valence-electron chi connectivity index (χ4n) is 2.39. The van der Waals surface area contributed by atoms with Gasteiger partial charge in [-0.1, -0.05) is 0 Å². The summed E-state index contributed by atoms with van der Waals surface area (Å²) in [6, 6.07) is 0.476. The van der Waals surface area contributed by atoms with Crippen LogP contribution in [0.5, 0.6) is 0 Å². The summed E-state index contributed by atoms with van der Waals surface area (Å²) in [5.74, 6) is -0.537. The monoisotopic (exact) mass is 269 g/mol. The second kappa shape index (κ2) is 6.34. The Hall–Kier alpha value is -1.14. The quantitative estimate of drug-likeness (QED) is 0.717. The maximum Gasteiger partial charge on any atom is 0.304 e. The number of aliphatic carboxylic acids is 1. The molecule has 2 fully saturated rings. The van der Waals surface area contributed by atoms with E-state index in [9.17, 15) is 9.59 Å². The van der Waals surface area contributed by atoms with Gasteiger partial charge >= 0.3 is 5.97 Å². The normalized spacial score (nSPS) is 21.3. The second-order valence-electron chi connectivity index (χ2n) is 5.50. The highest BCUT2D eigenvalue weighted by atomic mass is 16.4. The molecule has 1 saturated carbocycles. The number of rotatable bonds is 6. The fourth-order valence-corrected chi connectivity index (χ4v) is 2.39. The molecule has 0 unspecified atom stereocenters. The molecule has 19 heavy (non-hydrogen) atoms. The maximum atomic E-state index is 12.0. The fraction of sp³-hybridized carbons (Fsp3) is 0.846. The van der Waals surface area contributed by atoms with Crippen molar-refractivity contribution in [3.8, 4) is 0 Å². The van der Waals surface area contributed by atoms with Crippen molar-refractivity contribution in [2.24, 2.45) is 0 Å². The van der Waals surface area contributed by atoms with Gasteiger partial charge in [0.2, 0.25) is 5.91 Å². The van der Waals surface area contributed by atoms with Crippen LogP contribution < -0.4 is 0 Å². The van der Waals surface area contributed by atoms with E-state index in [1.807, 2.05) is 11.9 Å². The molecule has 0 spiro atoms. The third kappa shape index (κ3) is 4.47. The van der Waals surface area contributed by atoms with Crippen molar-refractivity contribution in [1.29, 1.82) is 0 Å². The highest BCUT2D eigenvalue weighted by molar-refractivity contribution is 5.78. The minimum atomic E-state index is -0.747. The number of carbonyl (C=O) groups is 2. The zero-order valence-corrected chi connectivity index (χ0v) is 11.5. The number of carboxylic acid groups (broad SMARTS) is 1. The Labute approximate surface area is 114 Å². The highest BCUT2D eigenvalue weighted by Crippen LogP contribution is 2.25. The predicted molar refractivity (Wildman–Crippen MR) is 70.9 cm³/mol. The summed E-state index contributed by atoms with van der Waals surface area (Å²) < 4.78 is 0. The van der Waals surface area contributed by atoms with Crippen LogP contribution in [0.15, 0.2) is 0 Å². The smallest absolute Gasteiger partial charge is 0.304 e. The topological polar surface area (TPSA) is 64.1 Å². The van der Waals surface area contributed by atoms with Gasteiger partial charge in [-0.25, -0.2) is 0 Å². The number of amides is 1. The van der Waals surface area contributed by atoms with Gasteiger partial charge < -0.3 is 14.9 Å². The molecule has 6 nitrogen and oxygen atoms in total. The van der Waals surface area contributed by atoms with Crippen molar-refractivity contribution in [3.63, 3.8) is 0 Å². The predicted octanol–water partition coefficient (Wildman–Crippen LogP) is -0.300. The van der Waals surface area contributed by atoms with Crippen molar-refractivity contribution in [3.05, 3.63) is 0 Å². The SMILES string of the molecule is CN(C(=O)CN1CCN(CCC(=O)O)CC1)C1CC1. The van der Waals surface area contributed by atoms with Gasteiger partial charge in [-0.2, -0.15) is 0 Å². The average Bonchev–Trinajstić information content (AvgIpc) is 3.21. The third-order valence-corrected chi connectivity index (χ3v) is 3.95. The third-order valence-electron chi connectivity index (χ3n) is 3.95. The van der Waals surface area contributed by atoms with E-state index < -0.39 is 5.97 Å². The summed E-state index contributed by atoms with van der Waals surface area (Å²) in [5.41, 5.74) is 0. The summed E-state index contributed by atoms with van der Waals surface area (Å²) in [7, 11) is 1.89. The van der Waals surface area contributed by atoms with Gasteiger partial charge in [0.15, 0.2) is 0 Å². The first-order valence-corrected chi connectivity index (χ1v) is 6.98. The Balaban J connectivity index is 1.65. The van der Waals surface area contributed by atoms with Crippen LogP contribution in [-0.4, -0.2) is 84.0 Å². The molecule has 0 bridgehead atoms. The molecule has 0 aromatic heterocycles. The van der Waals surface area contributed by atoms with Gasteiger partial charge in [0, 0.05) is 45.8 Å². The molecule has 2 rings (SSSR count). The molecule has 1 amide bonds. The number of carboxylic acids is 1. The Bertz CT molecular complexity index is 336. The maximum absolute atomic E-state index is 12.0. The Morgan fingerprint density at radius 3 is 2.26 bits per heavy atom. The standard InChI is InChI=1S/C13H23N3O3/c1-14(11-2-3-11)12(17)10-16-8-6-15(7-9-16)5-4-13(18)19/h11H,2-10H2,1H3,(H,18,19). The van der Waals surface area contributed by atoms with Crippen molar-refractivity contribution in [1.82, 2.24) is 14.7 Å². The molecule has 1 N–H and O–H groups in total. The lowest BCUT2D eigenvalue weighted by Crippen LogP contribution is -2.50. The first-order valence-electron chi connectivity index (χ1n) is 6.98. The number of nitrogens with zero attached hydrogens (tertiary/aromatic N) is 3. The molecule has 0 aromatic carbocycles. The van der Waals surface area contributed by atoms with Crippen LogP contribution in [0.4, 0.5) is 0 Å². The van der Waals surface area contributed by atoms with E-state index in [4.69, 9.17) is 5.11 Å². The summed E-state index contributed by atoms with van der Waals surface area (Å²) in [4.78, 5) is 28.7. The molecular formula is C13H23N3O3. The number of piperazine rings is 1. The lowest BCUT2D eigenvalue weighted by molar-refractivity contribution is -0.137. The van der Waals surface area contributed by atoms with E-state index in [1.165, 1.54) is 0 Å². The van der Waals surface area contributed by atoms with Crippen molar-refractivity contribution in [2.45, 2.75) is 25.3 Å². The molecule has 108 valence electrons. The van der Waals surface area contributed by atoms with Gasteiger partial charge in [0.25, 0.3) is 0 Å². The van der Waals surface area contributed by atoms with Crippen LogP contribution in [0.2, 0.25) is 0 Å². The van der Waals surface area contributed by atoms with Crippen molar-refractivity contribution in [2.75, 3.05) is 46.3 Å². The van der Waals surface area contributed by atoms with Crippen molar-refractivity contribution < 1.29 is 14.7 Å². The Kier molecular flexibility index (Phi) is 4.76. The first-order chi connectivity index (χ1) is 9.06. The van der Waals surface area contributed by atoms with E-state index in [0.29, 0.717) is 19.1 Å². The Morgan fingerprint density at radius 1 is 1.16 bits per heavy atom. The zero-order valence-electron chi connectivity index (χ0n) is 11.5. The van der Waals surface area contributed by atoms with E-state index in [1.54, 1.807) is 0 Å². The first kappa shape index (κ1) is 14.3. The van der Waals surface area contributed by atoms with Crippen molar-refractivity contribution >= 4 is 11.9 Å². The number of hydrogen-bond donors (Lipinski definition) is 1. The van der Waals surface area contributed by atoms with Crippen LogP contribution in [0.1, 0.15) is 19.3 Å². The van der Waals surface area contributed by atoms with Crippen LogP contribution in [0.25, 0.3) is 0 Å². The molecular weight excluding hydrogens is 246 g/mol. The van der Waals surface area contributed by atoms with Gasteiger partial charge in [-0.3, -0.25) is 14.5 Å². The minimum absolute atomic E-state index is 0.198. The van der Waals surface area contributed by atoms with Gasteiger partial charge in [-0.15, -0.1) is 0 Å². The van der Waals surface area contributed by atoms with Gasteiger partial charge in [0.05, 0.1) is 13.0 Å². The minimum Gasteiger partial charge on any atom is -0.481 e. The van der Waals surface area contributed by atoms with Gasteiger partial charge in [-0.05, 0) is 12.8 Å². The van der Waals surface area contributed by atoms with Crippen LogP contribution in [-0.2, 0) is 9.59 Å². The summed E-state index contributed by atoms with van der Waals surface area (Å²) in [6.07, 6.45) is 2.49. The molecule has 0 radical (unpaired) electrons. The van der Waals surface area contributed by atoms with E-state index in [-0.39, 0.29) is 12.3 Å². The average molecular weight is 269 g/mol. The molecule has 0 atom stereocenters. The largest absolute Gasteiger partial charge is 0.481 e. The molecule has 1 heterocycles. The van der Waals surface area contributed by atoms with Crippen LogP contribution in [0, 0.1) is 0 Å². The van der Waals surface area contributed by atoms with Crippen LogP contribution >= 0.6 is 0 Å². The van der Waals surface area contributed by atoms with E-state index in [0.717, 1.165) is 39.0 Å². The van der Waals surface area contributed by atoms with E-state index >= 15 is 0 Å². The van der Waals surface area contributed by atoms with E-state index in [2.05, 4.69) is 9.80 Å².